The molecule has 9 heteroatoms. The lowest BCUT2D eigenvalue weighted by Gasteiger charge is -2.15. The fourth-order valence-corrected chi connectivity index (χ4v) is 4.06. The van der Waals surface area contributed by atoms with Gasteiger partial charge in [0.2, 0.25) is 12.2 Å². The molecule has 210 valence electrons. The number of esters is 2. The minimum atomic E-state index is -0.638. The molecule has 0 unspecified atom stereocenters. The van der Waals surface area contributed by atoms with E-state index in [1.807, 2.05) is 19.9 Å². The van der Waals surface area contributed by atoms with Crippen LogP contribution < -0.4 is 15.6 Å². The van der Waals surface area contributed by atoms with E-state index in [0.717, 1.165) is 16.7 Å². The minimum Gasteiger partial charge on any atom is -0.466 e. The number of hydrogen-bond acceptors (Lipinski definition) is 9. The van der Waals surface area contributed by atoms with Crippen LogP contribution in [-0.4, -0.2) is 30.9 Å². The standard InChI is InChI=1S/C31H33NO8/c1-18(2)39-31(35)21(5)32-38-17-37-24-12-10-22(11-13-24)16-36-27(33)15-23-7-6-8-25-28(34)26-14-9-19(3)20(4)29(26)40-30(23)25/h6-14,18,21,32H,15-17H2,1-5H3/t21-/m0/s1. The van der Waals surface area contributed by atoms with Crippen molar-refractivity contribution < 1.29 is 33.1 Å². The van der Waals surface area contributed by atoms with Gasteiger partial charge in [-0.2, -0.15) is 5.48 Å². The molecule has 40 heavy (non-hydrogen) atoms. The Morgan fingerprint density at radius 3 is 2.38 bits per heavy atom. The van der Waals surface area contributed by atoms with Crippen LogP contribution in [0.3, 0.4) is 0 Å². The molecule has 1 N–H and O–H groups in total. The molecule has 3 aromatic carbocycles. The van der Waals surface area contributed by atoms with Crippen molar-refractivity contribution in [1.82, 2.24) is 5.48 Å². The molecule has 0 bridgehead atoms. The average Bonchev–Trinajstić information content (AvgIpc) is 2.93. The maximum atomic E-state index is 13.1. The van der Waals surface area contributed by atoms with E-state index < -0.39 is 18.0 Å². The number of aryl methyl sites for hydroxylation is 2. The quantitative estimate of drug-likeness (QED) is 0.0906. The predicted octanol–water partition coefficient (Wildman–Crippen LogP) is 5.05. The van der Waals surface area contributed by atoms with E-state index in [2.05, 4.69) is 5.48 Å². The third kappa shape index (κ3) is 6.86. The van der Waals surface area contributed by atoms with Crippen molar-refractivity contribution in [2.45, 2.75) is 59.8 Å². The summed E-state index contributed by atoms with van der Waals surface area (Å²) in [7, 11) is 0. The van der Waals surface area contributed by atoms with Crippen molar-refractivity contribution in [3.05, 3.63) is 87.1 Å². The number of nitrogens with one attached hydrogen (secondary N) is 1. The molecule has 1 heterocycles. The first-order valence-electron chi connectivity index (χ1n) is 13.0. The largest absolute Gasteiger partial charge is 0.466 e. The van der Waals surface area contributed by atoms with E-state index in [0.29, 0.717) is 33.3 Å². The Bertz CT molecular complexity index is 1570. The van der Waals surface area contributed by atoms with Gasteiger partial charge in [-0.25, -0.2) is 0 Å². The maximum absolute atomic E-state index is 13.1. The normalized spacial score (nSPS) is 12.1. The summed E-state index contributed by atoms with van der Waals surface area (Å²) in [5.74, 6) is -0.323. The molecule has 0 saturated heterocycles. The average molecular weight is 548 g/mol. The molecule has 0 aliphatic rings. The SMILES string of the molecule is Cc1ccc2c(=O)c3cccc(CC(=O)OCc4ccc(OCON[C@@H](C)C(=O)OC(C)C)cc4)c3oc2c1C. The van der Waals surface area contributed by atoms with Crippen molar-refractivity contribution in [1.29, 1.82) is 0 Å². The van der Waals surface area contributed by atoms with E-state index in [9.17, 15) is 14.4 Å². The number of carbonyl (C=O) groups excluding carboxylic acids is 2. The number of hydroxylamine groups is 1. The van der Waals surface area contributed by atoms with E-state index in [4.69, 9.17) is 23.5 Å². The molecule has 0 radical (unpaired) electrons. The van der Waals surface area contributed by atoms with Gasteiger partial charge in [0.1, 0.15) is 29.6 Å². The molecule has 0 aliphatic heterocycles. The third-order valence-corrected chi connectivity index (χ3v) is 6.37. The summed E-state index contributed by atoms with van der Waals surface area (Å²) in [6.45, 7) is 8.99. The molecular weight excluding hydrogens is 514 g/mol. The molecule has 0 aliphatic carbocycles. The van der Waals surface area contributed by atoms with Gasteiger partial charge in [0.15, 0.2) is 0 Å². The van der Waals surface area contributed by atoms with Crippen LogP contribution >= 0.6 is 0 Å². The Morgan fingerprint density at radius 2 is 1.65 bits per heavy atom. The third-order valence-electron chi connectivity index (χ3n) is 6.37. The number of carbonyl (C=O) groups is 2. The highest BCUT2D eigenvalue weighted by atomic mass is 16.8. The monoisotopic (exact) mass is 547 g/mol. The van der Waals surface area contributed by atoms with Crippen molar-refractivity contribution in [3.8, 4) is 5.75 Å². The van der Waals surface area contributed by atoms with Crippen molar-refractivity contribution >= 4 is 33.9 Å². The van der Waals surface area contributed by atoms with Crippen molar-refractivity contribution in [2.75, 3.05) is 6.79 Å². The van der Waals surface area contributed by atoms with Gasteiger partial charge < -0.3 is 18.6 Å². The highest BCUT2D eigenvalue weighted by Gasteiger charge is 2.17. The second-order valence-corrected chi connectivity index (χ2v) is 9.82. The first-order valence-corrected chi connectivity index (χ1v) is 13.0. The van der Waals surface area contributed by atoms with E-state index in [1.165, 1.54) is 0 Å². The van der Waals surface area contributed by atoms with Crippen LogP contribution in [0.1, 0.15) is 43.0 Å². The van der Waals surface area contributed by atoms with Gasteiger partial charge in [0.05, 0.1) is 23.3 Å². The molecule has 9 nitrogen and oxygen atoms in total. The summed E-state index contributed by atoms with van der Waals surface area (Å²) < 4.78 is 22.2. The molecule has 0 fully saturated rings. The molecule has 4 rings (SSSR count). The molecular formula is C31H33NO8. The van der Waals surface area contributed by atoms with Gasteiger partial charge in [0, 0.05) is 5.56 Å². The molecule has 1 aromatic heterocycles. The Kier molecular flexibility index (Phi) is 9.19. The Morgan fingerprint density at radius 1 is 0.925 bits per heavy atom. The van der Waals surface area contributed by atoms with Gasteiger partial charge in [-0.15, -0.1) is 0 Å². The fourth-order valence-electron chi connectivity index (χ4n) is 4.06. The van der Waals surface area contributed by atoms with Gasteiger partial charge >= 0.3 is 11.9 Å². The van der Waals surface area contributed by atoms with Gasteiger partial charge in [-0.1, -0.05) is 30.3 Å². The number of benzene rings is 3. The lowest BCUT2D eigenvalue weighted by Crippen LogP contribution is -2.37. The van der Waals surface area contributed by atoms with Crippen LogP contribution in [0.2, 0.25) is 0 Å². The van der Waals surface area contributed by atoms with Gasteiger partial charge in [-0.3, -0.25) is 19.2 Å². The second kappa shape index (κ2) is 12.8. The van der Waals surface area contributed by atoms with Crippen LogP contribution in [0.4, 0.5) is 0 Å². The first-order chi connectivity index (χ1) is 19.1. The molecule has 0 amide bonds. The summed E-state index contributed by atoms with van der Waals surface area (Å²) in [6, 6.07) is 15.2. The van der Waals surface area contributed by atoms with Crippen molar-refractivity contribution in [3.63, 3.8) is 0 Å². The maximum Gasteiger partial charge on any atom is 0.325 e. The zero-order valence-corrected chi connectivity index (χ0v) is 23.2. The van der Waals surface area contributed by atoms with E-state index >= 15 is 0 Å². The van der Waals surface area contributed by atoms with Crippen LogP contribution in [-0.2, 0) is 36.9 Å². The lowest BCUT2D eigenvalue weighted by molar-refractivity contribution is -0.156. The van der Waals surface area contributed by atoms with Crippen LogP contribution in [0, 0.1) is 13.8 Å². The zero-order valence-electron chi connectivity index (χ0n) is 23.2. The number of rotatable bonds is 11. The summed E-state index contributed by atoms with van der Waals surface area (Å²) in [6.07, 6.45) is -0.244. The predicted molar refractivity (Wildman–Crippen MR) is 150 cm³/mol. The highest BCUT2D eigenvalue weighted by Crippen LogP contribution is 2.26. The molecule has 1 atom stereocenters. The number of ether oxygens (including phenoxy) is 3. The fraction of sp³-hybridized carbons (Fsp3) is 0.323. The van der Waals surface area contributed by atoms with Crippen LogP contribution in [0.5, 0.6) is 5.75 Å². The van der Waals surface area contributed by atoms with E-state index in [1.54, 1.807) is 69.3 Å². The zero-order chi connectivity index (χ0) is 28.8. The molecule has 0 saturated carbocycles. The molecule has 0 spiro atoms. The lowest BCUT2D eigenvalue weighted by atomic mass is 10.0. The Hall–Kier alpha value is -4.21. The smallest absolute Gasteiger partial charge is 0.325 e. The Labute approximate surface area is 231 Å². The Balaban J connectivity index is 1.31. The highest BCUT2D eigenvalue weighted by molar-refractivity contribution is 5.93. The number of hydrogen-bond donors (Lipinski definition) is 1. The van der Waals surface area contributed by atoms with Crippen LogP contribution in [0.25, 0.3) is 21.9 Å². The topological polar surface area (TPSA) is 113 Å². The summed E-state index contributed by atoms with van der Waals surface area (Å²) >= 11 is 0. The van der Waals surface area contributed by atoms with Gasteiger partial charge in [-0.05, 0) is 75.6 Å². The first kappa shape index (κ1) is 28.8. The summed E-state index contributed by atoms with van der Waals surface area (Å²) in [5.41, 5.74) is 6.65. The minimum absolute atomic E-state index is 0.0364. The van der Waals surface area contributed by atoms with Crippen LogP contribution in [0.15, 0.2) is 63.8 Å². The van der Waals surface area contributed by atoms with E-state index in [-0.39, 0.29) is 31.4 Å². The van der Waals surface area contributed by atoms with Crippen molar-refractivity contribution in [2.24, 2.45) is 0 Å². The number of para-hydroxylation sites is 1. The summed E-state index contributed by atoms with van der Waals surface area (Å²) in [5, 5.41) is 0.951. The molecule has 4 aromatic rings. The van der Waals surface area contributed by atoms with Gasteiger partial charge in [0.25, 0.3) is 0 Å². The number of fused-ring (bicyclic) bond motifs is 2. The summed E-state index contributed by atoms with van der Waals surface area (Å²) in [4.78, 5) is 42.7. The second-order valence-electron chi connectivity index (χ2n) is 9.82.